The van der Waals surface area contributed by atoms with Crippen LogP contribution in [0.4, 0.5) is 0 Å². The van der Waals surface area contributed by atoms with E-state index in [-0.39, 0.29) is 5.41 Å². The lowest BCUT2D eigenvalue weighted by Gasteiger charge is -2.35. The van der Waals surface area contributed by atoms with E-state index < -0.39 is 0 Å². The van der Waals surface area contributed by atoms with Crippen LogP contribution in [0.5, 0.6) is 0 Å². The molecule has 0 atom stereocenters. The first-order valence-electron chi connectivity index (χ1n) is 17.7. The number of aromatic nitrogens is 2. The summed E-state index contributed by atoms with van der Waals surface area (Å²) in [5.74, 6) is 0. The molecule has 2 heterocycles. The van der Waals surface area contributed by atoms with Gasteiger partial charge in [0.25, 0.3) is 0 Å². The van der Waals surface area contributed by atoms with E-state index in [9.17, 15) is 0 Å². The van der Waals surface area contributed by atoms with Crippen LogP contribution in [-0.4, -0.2) is 9.13 Å². The first-order chi connectivity index (χ1) is 24.0. The highest BCUT2D eigenvalue weighted by Gasteiger charge is 2.33. The monoisotopic (exact) mass is 632 g/mol. The Labute approximate surface area is 287 Å². The molecule has 0 radical (unpaired) electrons. The molecular weight excluding hydrogens is 593 g/mol. The summed E-state index contributed by atoms with van der Waals surface area (Å²) >= 11 is 0. The van der Waals surface area contributed by atoms with Gasteiger partial charge in [-0.3, -0.25) is 0 Å². The molecule has 0 N–H and O–H groups in total. The zero-order valence-corrected chi connectivity index (χ0v) is 28.7. The van der Waals surface area contributed by atoms with E-state index in [1.54, 1.807) is 0 Å². The molecule has 0 bridgehead atoms. The molecule has 0 aliphatic carbocycles. The zero-order chi connectivity index (χ0) is 33.3. The summed E-state index contributed by atoms with van der Waals surface area (Å²) in [5.41, 5.74) is 12.7. The number of hydrogen-bond acceptors (Lipinski definition) is 0. The van der Waals surface area contributed by atoms with Gasteiger partial charge in [0.05, 0.1) is 22.1 Å². The average Bonchev–Trinajstić information content (AvgIpc) is 3.64. The van der Waals surface area contributed by atoms with Crippen LogP contribution in [0.1, 0.15) is 48.9 Å². The maximum Gasteiger partial charge on any atom is 0.0549 e. The van der Waals surface area contributed by atoms with Crippen LogP contribution < -0.4 is 0 Å². The topological polar surface area (TPSA) is 9.86 Å². The molecule has 49 heavy (non-hydrogen) atoms. The molecule has 9 aromatic rings. The standard InChI is InChI=1S/C47H40N2/c1-5-47(6-2,41-25-21-31(3)27-32(41)4)34-23-24-38-39-29-45-40(30-44(39)49(43(38)28-34)36-18-11-8-12-19-36)46-37-20-14-13-15-33(37)22-26-42(46)48(45)35-16-9-7-10-17-35/h7-30H,5-6H2,1-4H3. The molecule has 0 saturated carbocycles. The van der Waals surface area contributed by atoms with Crippen molar-refractivity contribution in [3.8, 4) is 11.4 Å². The number of benzene rings is 7. The maximum atomic E-state index is 2.50. The summed E-state index contributed by atoms with van der Waals surface area (Å²) in [6.07, 6.45) is 2.07. The van der Waals surface area contributed by atoms with Crippen LogP contribution in [0.25, 0.3) is 65.8 Å². The number of para-hydroxylation sites is 2. The van der Waals surface area contributed by atoms with E-state index in [0.29, 0.717) is 0 Å². The summed E-state index contributed by atoms with van der Waals surface area (Å²) in [6.45, 7) is 9.18. The lowest BCUT2D eigenvalue weighted by atomic mass is 9.69. The Morgan fingerprint density at radius 2 is 1.08 bits per heavy atom. The van der Waals surface area contributed by atoms with Gasteiger partial charge < -0.3 is 9.13 Å². The van der Waals surface area contributed by atoms with Crippen molar-refractivity contribution in [3.05, 3.63) is 168 Å². The van der Waals surface area contributed by atoms with Crippen LogP contribution >= 0.6 is 0 Å². The lowest BCUT2D eigenvalue weighted by molar-refractivity contribution is 0.476. The number of fused-ring (bicyclic) bond motifs is 8. The van der Waals surface area contributed by atoms with Crippen LogP contribution in [0.2, 0.25) is 0 Å². The maximum absolute atomic E-state index is 2.50. The van der Waals surface area contributed by atoms with Crippen LogP contribution in [0, 0.1) is 13.8 Å². The molecule has 0 amide bonds. The Hall–Kier alpha value is -5.60. The second kappa shape index (κ2) is 11.2. The van der Waals surface area contributed by atoms with Gasteiger partial charge in [0.15, 0.2) is 0 Å². The first kappa shape index (κ1) is 29.5. The molecule has 0 unspecified atom stereocenters. The fourth-order valence-electron chi connectivity index (χ4n) is 8.85. The Morgan fingerprint density at radius 1 is 0.469 bits per heavy atom. The van der Waals surface area contributed by atoms with E-state index in [1.165, 1.54) is 88.0 Å². The number of rotatable bonds is 6. The highest BCUT2D eigenvalue weighted by atomic mass is 15.0. The second-order valence-electron chi connectivity index (χ2n) is 13.7. The summed E-state index contributed by atoms with van der Waals surface area (Å²) in [4.78, 5) is 0. The van der Waals surface area contributed by atoms with Crippen molar-refractivity contribution in [2.45, 2.75) is 46.0 Å². The summed E-state index contributed by atoms with van der Waals surface area (Å²) in [5, 5.41) is 7.67. The van der Waals surface area contributed by atoms with E-state index in [1.807, 2.05) is 0 Å². The van der Waals surface area contributed by atoms with Crippen molar-refractivity contribution in [3.63, 3.8) is 0 Å². The zero-order valence-electron chi connectivity index (χ0n) is 28.7. The Bertz CT molecular complexity index is 2690. The number of nitrogens with zero attached hydrogens (tertiary/aromatic N) is 2. The minimum absolute atomic E-state index is 0.0757. The fraction of sp³-hybridized carbons (Fsp3) is 0.149. The summed E-state index contributed by atoms with van der Waals surface area (Å²) in [6, 6.07) is 54.3. The van der Waals surface area contributed by atoms with Crippen LogP contribution in [-0.2, 0) is 5.41 Å². The quantitative estimate of drug-likeness (QED) is 0.173. The molecule has 2 aromatic heterocycles. The van der Waals surface area contributed by atoms with Gasteiger partial charge in [-0.25, -0.2) is 0 Å². The van der Waals surface area contributed by atoms with Gasteiger partial charge in [0, 0.05) is 38.3 Å². The van der Waals surface area contributed by atoms with Crippen molar-refractivity contribution in [2.75, 3.05) is 0 Å². The van der Waals surface area contributed by atoms with Crippen molar-refractivity contribution in [2.24, 2.45) is 0 Å². The predicted molar refractivity (Wildman–Crippen MR) is 210 cm³/mol. The lowest BCUT2D eigenvalue weighted by Crippen LogP contribution is -2.27. The normalized spacial score (nSPS) is 12.2. The molecule has 2 nitrogen and oxygen atoms in total. The van der Waals surface area contributed by atoms with Crippen molar-refractivity contribution >= 4 is 54.4 Å². The third kappa shape index (κ3) is 4.33. The van der Waals surface area contributed by atoms with Gasteiger partial charge in [-0.2, -0.15) is 0 Å². The Kier molecular flexibility index (Phi) is 6.78. The van der Waals surface area contributed by atoms with Crippen molar-refractivity contribution in [1.82, 2.24) is 9.13 Å². The summed E-state index contributed by atoms with van der Waals surface area (Å²) < 4.78 is 4.96. The molecule has 238 valence electrons. The molecule has 9 rings (SSSR count). The number of aryl methyl sites for hydroxylation is 2. The highest BCUT2D eigenvalue weighted by Crippen LogP contribution is 2.45. The minimum Gasteiger partial charge on any atom is -0.309 e. The van der Waals surface area contributed by atoms with Crippen molar-refractivity contribution in [1.29, 1.82) is 0 Å². The molecule has 0 aliphatic rings. The van der Waals surface area contributed by atoms with Crippen LogP contribution in [0.3, 0.4) is 0 Å². The third-order valence-corrected chi connectivity index (χ3v) is 11.2. The molecular formula is C47H40N2. The van der Waals surface area contributed by atoms with Gasteiger partial charge in [-0.1, -0.05) is 116 Å². The van der Waals surface area contributed by atoms with Gasteiger partial charge in [0.1, 0.15) is 0 Å². The third-order valence-electron chi connectivity index (χ3n) is 11.2. The fourth-order valence-corrected chi connectivity index (χ4v) is 8.85. The smallest absolute Gasteiger partial charge is 0.0549 e. The average molecular weight is 633 g/mol. The predicted octanol–water partition coefficient (Wildman–Crippen LogP) is 12.8. The molecule has 0 fully saturated rings. The Balaban J connectivity index is 1.43. The second-order valence-corrected chi connectivity index (χ2v) is 13.7. The molecule has 0 saturated heterocycles. The minimum atomic E-state index is -0.0757. The van der Waals surface area contributed by atoms with Gasteiger partial charge in [-0.05, 0) is 103 Å². The van der Waals surface area contributed by atoms with Gasteiger partial charge >= 0.3 is 0 Å². The van der Waals surface area contributed by atoms with Crippen LogP contribution in [0.15, 0.2) is 146 Å². The first-order valence-corrected chi connectivity index (χ1v) is 17.7. The van der Waals surface area contributed by atoms with E-state index >= 15 is 0 Å². The van der Waals surface area contributed by atoms with E-state index in [2.05, 4.69) is 182 Å². The molecule has 0 spiro atoms. The Morgan fingerprint density at radius 3 is 1.78 bits per heavy atom. The molecule has 7 aromatic carbocycles. The van der Waals surface area contributed by atoms with E-state index in [0.717, 1.165) is 12.8 Å². The SMILES string of the molecule is CCC(CC)(c1ccc2c3cc4c(cc3n(-c3ccccc3)c2c1)c1c2ccccc2ccc1n4-c1ccccc1)c1ccc(C)cc1C. The van der Waals surface area contributed by atoms with Gasteiger partial charge in [-0.15, -0.1) is 0 Å². The largest absolute Gasteiger partial charge is 0.309 e. The number of hydrogen-bond donors (Lipinski definition) is 0. The van der Waals surface area contributed by atoms with Gasteiger partial charge in [0.2, 0.25) is 0 Å². The van der Waals surface area contributed by atoms with Crippen molar-refractivity contribution < 1.29 is 0 Å². The summed E-state index contributed by atoms with van der Waals surface area (Å²) in [7, 11) is 0. The van der Waals surface area contributed by atoms with E-state index in [4.69, 9.17) is 0 Å². The highest BCUT2D eigenvalue weighted by molar-refractivity contribution is 6.25. The molecule has 0 aliphatic heterocycles. The molecule has 2 heteroatoms.